The summed E-state index contributed by atoms with van der Waals surface area (Å²) in [7, 11) is 1.61. The lowest BCUT2D eigenvalue weighted by Crippen LogP contribution is -2.22. The zero-order valence-electron chi connectivity index (χ0n) is 13.3. The number of anilines is 1. The number of aryl methyl sites for hydroxylation is 2. The molecule has 0 aliphatic heterocycles. The third-order valence-corrected chi connectivity index (χ3v) is 4.59. The van der Waals surface area contributed by atoms with Gasteiger partial charge in [0.2, 0.25) is 5.91 Å². The molecule has 4 heteroatoms. The Morgan fingerprint density at radius 2 is 1.91 bits per heavy atom. The molecule has 0 aliphatic carbocycles. The highest BCUT2D eigenvalue weighted by Gasteiger charge is 2.15. The minimum absolute atomic E-state index is 0.0171. The van der Waals surface area contributed by atoms with Gasteiger partial charge in [0.05, 0.1) is 12.4 Å². The average Bonchev–Trinajstić information content (AvgIpc) is 2.51. The lowest BCUT2D eigenvalue weighted by atomic mass is 10.1. The van der Waals surface area contributed by atoms with Crippen molar-refractivity contribution in [3.05, 3.63) is 53.6 Å². The molecule has 0 aliphatic rings. The zero-order chi connectivity index (χ0) is 16.1. The van der Waals surface area contributed by atoms with Crippen LogP contribution in [0.3, 0.4) is 0 Å². The summed E-state index contributed by atoms with van der Waals surface area (Å²) >= 11 is 1.56. The van der Waals surface area contributed by atoms with Gasteiger partial charge in [-0.1, -0.05) is 12.1 Å². The largest absolute Gasteiger partial charge is 0.497 e. The van der Waals surface area contributed by atoms with E-state index >= 15 is 0 Å². The Morgan fingerprint density at radius 3 is 2.59 bits per heavy atom. The predicted molar refractivity (Wildman–Crippen MR) is 92.9 cm³/mol. The number of hydrogen-bond acceptors (Lipinski definition) is 3. The molecule has 2 aromatic rings. The Hall–Kier alpha value is -1.94. The first-order valence-electron chi connectivity index (χ1n) is 7.18. The maximum Gasteiger partial charge on any atom is 0.237 e. The molecule has 0 fully saturated rings. The van der Waals surface area contributed by atoms with Crippen molar-refractivity contribution in [1.82, 2.24) is 0 Å². The molecule has 3 nitrogen and oxygen atoms in total. The first-order chi connectivity index (χ1) is 10.5. The SMILES string of the molecule is COc1cccc(NC(=O)[C@@H](C)Sc2ccc(C)c(C)c2)c1. The van der Waals surface area contributed by atoms with Crippen LogP contribution in [0.25, 0.3) is 0 Å². The van der Waals surface area contributed by atoms with E-state index in [1.165, 1.54) is 11.1 Å². The summed E-state index contributed by atoms with van der Waals surface area (Å²) in [6, 6.07) is 13.6. The van der Waals surface area contributed by atoms with Crippen LogP contribution in [0, 0.1) is 13.8 Å². The van der Waals surface area contributed by atoms with E-state index in [9.17, 15) is 4.79 Å². The molecular formula is C18H21NO2S. The highest BCUT2D eigenvalue weighted by atomic mass is 32.2. The van der Waals surface area contributed by atoms with Gasteiger partial charge in [-0.05, 0) is 56.2 Å². The number of benzene rings is 2. The van der Waals surface area contributed by atoms with E-state index in [1.807, 2.05) is 31.2 Å². The Bertz CT molecular complexity index is 670. The van der Waals surface area contributed by atoms with E-state index < -0.39 is 0 Å². The molecule has 1 amide bonds. The number of carbonyl (C=O) groups is 1. The van der Waals surface area contributed by atoms with Crippen LogP contribution in [0.1, 0.15) is 18.1 Å². The van der Waals surface area contributed by atoms with Crippen LogP contribution in [0.4, 0.5) is 5.69 Å². The van der Waals surface area contributed by atoms with Crippen LogP contribution in [0.15, 0.2) is 47.4 Å². The van der Waals surface area contributed by atoms with Crippen molar-refractivity contribution in [1.29, 1.82) is 0 Å². The van der Waals surface area contributed by atoms with Gasteiger partial charge in [0.25, 0.3) is 0 Å². The monoisotopic (exact) mass is 315 g/mol. The van der Waals surface area contributed by atoms with Gasteiger partial charge < -0.3 is 10.1 Å². The highest BCUT2D eigenvalue weighted by molar-refractivity contribution is 8.00. The van der Waals surface area contributed by atoms with Gasteiger partial charge in [-0.25, -0.2) is 0 Å². The van der Waals surface area contributed by atoms with E-state index in [0.29, 0.717) is 0 Å². The summed E-state index contributed by atoms with van der Waals surface area (Å²) in [5.41, 5.74) is 3.25. The van der Waals surface area contributed by atoms with Crippen LogP contribution >= 0.6 is 11.8 Å². The molecule has 2 aromatic carbocycles. The van der Waals surface area contributed by atoms with Gasteiger partial charge >= 0.3 is 0 Å². The van der Waals surface area contributed by atoms with Gasteiger partial charge in [-0.3, -0.25) is 4.79 Å². The van der Waals surface area contributed by atoms with Crippen molar-refractivity contribution in [2.75, 3.05) is 12.4 Å². The van der Waals surface area contributed by atoms with Gasteiger partial charge in [-0.2, -0.15) is 0 Å². The first kappa shape index (κ1) is 16.4. The standard InChI is InChI=1S/C18H21NO2S/c1-12-8-9-17(10-13(12)2)22-14(3)18(20)19-15-6-5-7-16(11-15)21-4/h5-11,14H,1-4H3,(H,19,20)/t14-/m1/s1. The van der Waals surface area contributed by atoms with Crippen molar-refractivity contribution in [3.8, 4) is 5.75 Å². The second-order valence-electron chi connectivity index (χ2n) is 5.23. The van der Waals surface area contributed by atoms with Crippen LogP contribution in [-0.2, 0) is 4.79 Å². The maximum atomic E-state index is 12.3. The molecule has 0 radical (unpaired) electrons. The van der Waals surface area contributed by atoms with Crippen LogP contribution in [-0.4, -0.2) is 18.3 Å². The molecule has 22 heavy (non-hydrogen) atoms. The second-order valence-corrected chi connectivity index (χ2v) is 6.64. The van der Waals surface area contributed by atoms with Crippen molar-refractivity contribution in [2.24, 2.45) is 0 Å². The van der Waals surface area contributed by atoms with E-state index in [2.05, 4.69) is 37.4 Å². The Morgan fingerprint density at radius 1 is 1.14 bits per heavy atom. The van der Waals surface area contributed by atoms with E-state index in [0.717, 1.165) is 16.3 Å². The molecule has 1 atom stereocenters. The summed E-state index contributed by atoms with van der Waals surface area (Å²) in [5.74, 6) is 0.712. The quantitative estimate of drug-likeness (QED) is 0.829. The lowest BCUT2D eigenvalue weighted by molar-refractivity contribution is -0.115. The number of carbonyl (C=O) groups excluding carboxylic acids is 1. The van der Waals surface area contributed by atoms with Gasteiger partial charge in [0.15, 0.2) is 0 Å². The minimum atomic E-state index is -0.173. The summed E-state index contributed by atoms with van der Waals surface area (Å²) in [5, 5.41) is 2.75. The third-order valence-electron chi connectivity index (χ3n) is 3.50. The molecule has 0 unspecified atom stereocenters. The molecule has 0 bridgehead atoms. The third kappa shape index (κ3) is 4.28. The van der Waals surface area contributed by atoms with Crippen LogP contribution in [0.2, 0.25) is 0 Å². The Balaban J connectivity index is 2.00. The Kier molecular flexibility index (Phi) is 5.50. The number of amides is 1. The first-order valence-corrected chi connectivity index (χ1v) is 8.06. The number of thioether (sulfide) groups is 1. The molecule has 2 rings (SSSR count). The summed E-state index contributed by atoms with van der Waals surface area (Å²) < 4.78 is 5.16. The molecule has 0 saturated carbocycles. The molecule has 0 heterocycles. The smallest absolute Gasteiger partial charge is 0.237 e. The molecule has 0 spiro atoms. The summed E-state index contributed by atoms with van der Waals surface area (Å²) in [6.07, 6.45) is 0. The predicted octanol–water partition coefficient (Wildman–Crippen LogP) is 4.43. The zero-order valence-corrected chi connectivity index (χ0v) is 14.2. The fourth-order valence-electron chi connectivity index (χ4n) is 1.99. The van der Waals surface area contributed by atoms with Crippen LogP contribution < -0.4 is 10.1 Å². The Labute approximate surface area is 136 Å². The number of ether oxygens (including phenoxy) is 1. The molecule has 1 N–H and O–H groups in total. The summed E-state index contributed by atoms with van der Waals surface area (Å²) in [4.78, 5) is 13.4. The van der Waals surface area contributed by atoms with Gasteiger partial charge in [-0.15, -0.1) is 11.8 Å². The number of rotatable bonds is 5. The molecule has 0 saturated heterocycles. The number of hydrogen-bond donors (Lipinski definition) is 1. The van der Waals surface area contributed by atoms with Crippen molar-refractivity contribution in [2.45, 2.75) is 30.9 Å². The van der Waals surface area contributed by atoms with Crippen molar-refractivity contribution in [3.63, 3.8) is 0 Å². The maximum absolute atomic E-state index is 12.3. The molecular weight excluding hydrogens is 294 g/mol. The van der Waals surface area contributed by atoms with E-state index in [-0.39, 0.29) is 11.2 Å². The van der Waals surface area contributed by atoms with E-state index in [4.69, 9.17) is 4.74 Å². The minimum Gasteiger partial charge on any atom is -0.497 e. The van der Waals surface area contributed by atoms with Crippen LogP contribution in [0.5, 0.6) is 5.75 Å². The molecule has 0 aromatic heterocycles. The van der Waals surface area contributed by atoms with Crippen molar-refractivity contribution >= 4 is 23.4 Å². The highest BCUT2D eigenvalue weighted by Crippen LogP contribution is 2.26. The molecule has 116 valence electrons. The number of nitrogens with one attached hydrogen (secondary N) is 1. The lowest BCUT2D eigenvalue weighted by Gasteiger charge is -2.13. The topological polar surface area (TPSA) is 38.3 Å². The fourth-order valence-corrected chi connectivity index (χ4v) is 2.96. The number of methoxy groups -OCH3 is 1. The summed E-state index contributed by atoms with van der Waals surface area (Å²) in [6.45, 7) is 6.08. The normalized spacial score (nSPS) is 11.8. The van der Waals surface area contributed by atoms with Gasteiger partial charge in [0, 0.05) is 16.6 Å². The second kappa shape index (κ2) is 7.36. The van der Waals surface area contributed by atoms with Crippen molar-refractivity contribution < 1.29 is 9.53 Å². The van der Waals surface area contributed by atoms with Gasteiger partial charge in [0.1, 0.15) is 5.75 Å². The average molecular weight is 315 g/mol. The fraction of sp³-hybridized carbons (Fsp3) is 0.278. The van der Waals surface area contributed by atoms with E-state index in [1.54, 1.807) is 18.9 Å².